The number of nitrogens with zero attached hydrogens (tertiary/aromatic N) is 1. The van der Waals surface area contributed by atoms with Gasteiger partial charge in [0, 0.05) is 24.2 Å². The van der Waals surface area contributed by atoms with Crippen LogP contribution in [0.25, 0.3) is 0 Å². The van der Waals surface area contributed by atoms with Crippen LogP contribution in [0, 0.1) is 15.9 Å². The van der Waals surface area contributed by atoms with Crippen LogP contribution >= 0.6 is 0 Å². The minimum absolute atomic E-state index is 0.229. The maximum Gasteiger partial charge on any atom is 0.308 e. The summed E-state index contributed by atoms with van der Waals surface area (Å²) >= 11 is 0. The van der Waals surface area contributed by atoms with Gasteiger partial charge in [0.15, 0.2) is 0 Å². The van der Waals surface area contributed by atoms with E-state index in [0.717, 1.165) is 6.07 Å². The van der Waals surface area contributed by atoms with Gasteiger partial charge in [0.2, 0.25) is 11.7 Å². The molecule has 0 aliphatic heterocycles. The van der Waals surface area contributed by atoms with Crippen molar-refractivity contribution in [2.75, 3.05) is 5.32 Å². The summed E-state index contributed by atoms with van der Waals surface area (Å²) in [6, 6.07) is 2.35. The monoisotopic (exact) mass is 226 g/mol. The van der Waals surface area contributed by atoms with Crippen LogP contribution in [0.15, 0.2) is 12.1 Å². The Labute approximate surface area is 91.4 Å². The molecular formula is C10H11FN2O3. The fourth-order valence-corrected chi connectivity index (χ4v) is 1.41. The molecule has 0 saturated carbocycles. The van der Waals surface area contributed by atoms with Crippen molar-refractivity contribution in [1.82, 2.24) is 0 Å². The molecule has 16 heavy (non-hydrogen) atoms. The molecule has 0 unspecified atom stereocenters. The zero-order valence-corrected chi connectivity index (χ0v) is 8.91. The lowest BCUT2D eigenvalue weighted by atomic mass is 10.1. The van der Waals surface area contributed by atoms with E-state index in [1.165, 1.54) is 13.0 Å². The average molecular weight is 226 g/mol. The van der Waals surface area contributed by atoms with E-state index >= 15 is 0 Å². The van der Waals surface area contributed by atoms with Crippen LogP contribution in [0.3, 0.4) is 0 Å². The number of nitrogens with one attached hydrogen (secondary N) is 1. The predicted octanol–water partition coefficient (Wildman–Crippen LogP) is 2.25. The van der Waals surface area contributed by atoms with Crippen LogP contribution in [0.4, 0.5) is 15.8 Å². The van der Waals surface area contributed by atoms with Crippen molar-refractivity contribution in [3.63, 3.8) is 0 Å². The Bertz CT molecular complexity index is 446. The largest absolute Gasteiger partial charge is 0.326 e. The number of amides is 1. The second-order valence-corrected chi connectivity index (χ2v) is 3.26. The number of anilines is 1. The SMILES string of the molecule is CCc1cc(NC(C)=O)cc(F)c1[N+](=O)[O-]. The van der Waals surface area contributed by atoms with Crippen molar-refractivity contribution in [3.8, 4) is 0 Å². The van der Waals surface area contributed by atoms with Gasteiger partial charge < -0.3 is 5.32 Å². The first-order valence-corrected chi connectivity index (χ1v) is 4.70. The Balaban J connectivity index is 3.26. The van der Waals surface area contributed by atoms with E-state index in [2.05, 4.69) is 5.32 Å². The molecule has 0 radical (unpaired) electrons. The van der Waals surface area contributed by atoms with E-state index in [1.807, 2.05) is 0 Å². The number of hydrogen-bond acceptors (Lipinski definition) is 3. The number of halogens is 1. The highest BCUT2D eigenvalue weighted by atomic mass is 19.1. The Morgan fingerprint density at radius 3 is 2.62 bits per heavy atom. The first-order chi connectivity index (χ1) is 7.45. The van der Waals surface area contributed by atoms with Gasteiger partial charge in [-0.05, 0) is 12.5 Å². The van der Waals surface area contributed by atoms with Gasteiger partial charge in [-0.3, -0.25) is 14.9 Å². The van der Waals surface area contributed by atoms with Gasteiger partial charge in [0.05, 0.1) is 4.92 Å². The van der Waals surface area contributed by atoms with Gasteiger partial charge in [-0.1, -0.05) is 6.92 Å². The molecule has 0 aromatic heterocycles. The van der Waals surface area contributed by atoms with Crippen molar-refractivity contribution in [2.45, 2.75) is 20.3 Å². The molecule has 6 heteroatoms. The lowest BCUT2D eigenvalue weighted by Crippen LogP contribution is -2.08. The topological polar surface area (TPSA) is 72.2 Å². The van der Waals surface area contributed by atoms with Gasteiger partial charge in [0.25, 0.3) is 0 Å². The summed E-state index contributed by atoms with van der Waals surface area (Å²) in [5.41, 5.74) is -0.0437. The molecule has 0 heterocycles. The molecule has 0 aliphatic rings. The molecule has 86 valence electrons. The lowest BCUT2D eigenvalue weighted by molar-refractivity contribution is -0.388. The van der Waals surface area contributed by atoms with Crippen molar-refractivity contribution >= 4 is 17.3 Å². The van der Waals surface area contributed by atoms with E-state index in [1.54, 1.807) is 6.92 Å². The maximum atomic E-state index is 13.4. The lowest BCUT2D eigenvalue weighted by Gasteiger charge is -2.06. The van der Waals surface area contributed by atoms with Crippen molar-refractivity contribution < 1.29 is 14.1 Å². The number of nitro groups is 1. The summed E-state index contributed by atoms with van der Waals surface area (Å²) in [5.74, 6) is -1.29. The van der Waals surface area contributed by atoms with E-state index in [9.17, 15) is 19.3 Å². The standard InChI is InChI=1S/C10H11FN2O3/c1-3-7-4-8(12-6(2)14)5-9(11)10(7)13(15)16/h4-5H,3H2,1-2H3,(H,12,14). The molecule has 1 aromatic carbocycles. The maximum absolute atomic E-state index is 13.4. The van der Waals surface area contributed by atoms with Gasteiger partial charge in [0.1, 0.15) is 0 Å². The van der Waals surface area contributed by atoms with Crippen molar-refractivity contribution in [3.05, 3.63) is 33.6 Å². The van der Waals surface area contributed by atoms with Crippen LogP contribution in [0.2, 0.25) is 0 Å². The predicted molar refractivity (Wildman–Crippen MR) is 56.7 cm³/mol. The quantitative estimate of drug-likeness (QED) is 0.634. The van der Waals surface area contributed by atoms with Gasteiger partial charge in [-0.25, -0.2) is 0 Å². The molecule has 1 aromatic rings. The average Bonchev–Trinajstić information content (AvgIpc) is 2.14. The summed E-state index contributed by atoms with van der Waals surface area (Å²) in [5, 5.41) is 13.0. The highest BCUT2D eigenvalue weighted by molar-refractivity contribution is 5.89. The number of nitro benzene ring substituents is 1. The van der Waals surface area contributed by atoms with E-state index in [-0.39, 0.29) is 17.2 Å². The molecule has 1 amide bonds. The molecule has 0 bridgehead atoms. The van der Waals surface area contributed by atoms with Crippen molar-refractivity contribution in [1.29, 1.82) is 0 Å². The third-order valence-electron chi connectivity index (χ3n) is 2.03. The molecule has 0 atom stereocenters. The molecule has 0 aliphatic carbocycles. The first-order valence-electron chi connectivity index (χ1n) is 4.70. The summed E-state index contributed by atoms with van der Waals surface area (Å²) in [6.45, 7) is 2.96. The fraction of sp³-hybridized carbons (Fsp3) is 0.300. The van der Waals surface area contributed by atoms with Crippen LogP contribution < -0.4 is 5.32 Å². The van der Waals surface area contributed by atoms with Gasteiger partial charge >= 0.3 is 5.69 Å². The molecular weight excluding hydrogens is 215 g/mol. The number of aryl methyl sites for hydroxylation is 1. The zero-order valence-electron chi connectivity index (χ0n) is 8.91. The van der Waals surface area contributed by atoms with E-state index < -0.39 is 16.4 Å². The van der Waals surface area contributed by atoms with Gasteiger partial charge in [-0.15, -0.1) is 0 Å². The summed E-state index contributed by atoms with van der Waals surface area (Å²) in [7, 11) is 0. The Morgan fingerprint density at radius 1 is 1.56 bits per heavy atom. The van der Waals surface area contributed by atoms with Crippen molar-refractivity contribution in [2.24, 2.45) is 0 Å². The molecule has 1 rings (SSSR count). The number of carbonyl (C=O) groups is 1. The van der Waals surface area contributed by atoms with Crippen LogP contribution in [-0.2, 0) is 11.2 Å². The molecule has 1 N–H and O–H groups in total. The third kappa shape index (κ3) is 2.53. The highest BCUT2D eigenvalue weighted by Crippen LogP contribution is 2.27. The first kappa shape index (κ1) is 12.1. The van der Waals surface area contributed by atoms with Crippen LogP contribution in [0.5, 0.6) is 0 Å². The van der Waals surface area contributed by atoms with Crippen LogP contribution in [-0.4, -0.2) is 10.8 Å². The molecule has 0 fully saturated rings. The number of benzene rings is 1. The van der Waals surface area contributed by atoms with E-state index in [4.69, 9.17) is 0 Å². The Morgan fingerprint density at radius 2 is 2.19 bits per heavy atom. The second kappa shape index (κ2) is 4.69. The molecule has 5 nitrogen and oxygen atoms in total. The minimum Gasteiger partial charge on any atom is -0.326 e. The van der Waals surface area contributed by atoms with E-state index in [0.29, 0.717) is 6.42 Å². The fourth-order valence-electron chi connectivity index (χ4n) is 1.41. The smallest absolute Gasteiger partial charge is 0.308 e. The Hall–Kier alpha value is -1.98. The highest BCUT2D eigenvalue weighted by Gasteiger charge is 2.20. The number of carbonyl (C=O) groups excluding carboxylic acids is 1. The normalized spacial score (nSPS) is 9.94. The Kier molecular flexibility index (Phi) is 3.55. The zero-order chi connectivity index (χ0) is 12.3. The minimum atomic E-state index is -0.937. The van der Waals surface area contributed by atoms with Crippen LogP contribution in [0.1, 0.15) is 19.4 Å². The summed E-state index contributed by atoms with van der Waals surface area (Å²) < 4.78 is 13.4. The number of rotatable bonds is 3. The molecule has 0 spiro atoms. The molecule has 0 saturated heterocycles. The number of hydrogen-bond donors (Lipinski definition) is 1. The summed E-state index contributed by atoms with van der Waals surface area (Å²) in [6.07, 6.45) is 0.320. The summed E-state index contributed by atoms with van der Waals surface area (Å²) in [4.78, 5) is 20.6. The third-order valence-corrected chi connectivity index (χ3v) is 2.03. The van der Waals surface area contributed by atoms with Gasteiger partial charge in [-0.2, -0.15) is 4.39 Å². The second-order valence-electron chi connectivity index (χ2n) is 3.26.